The number of nitrogens with zero attached hydrogens (tertiary/aromatic N) is 1. The van der Waals surface area contributed by atoms with Crippen LogP contribution in [0.4, 0.5) is 0 Å². The van der Waals surface area contributed by atoms with E-state index in [1.165, 1.54) is 6.42 Å². The van der Waals surface area contributed by atoms with Gasteiger partial charge in [-0.2, -0.15) is 12.6 Å². The van der Waals surface area contributed by atoms with E-state index in [4.69, 9.17) is 5.73 Å². The molecule has 1 heterocycles. The molecule has 1 rings (SSSR count). The van der Waals surface area contributed by atoms with Crippen molar-refractivity contribution in [3.05, 3.63) is 0 Å². The summed E-state index contributed by atoms with van der Waals surface area (Å²) in [5.41, 5.74) is 5.29. The Morgan fingerprint density at radius 1 is 1.73 bits per heavy atom. The third kappa shape index (κ3) is 2.63. The summed E-state index contributed by atoms with van der Waals surface area (Å²) in [6.07, 6.45) is 1.93. The standard InChI is InChI=1S/C7H16N2OS/c8-4-6(10)5-9-3-1-2-7(9)11/h6-7,10-11H,1-5,8H2. The molecular formula is C7H16N2OS. The Hall–Kier alpha value is 0.230. The number of nitrogens with two attached hydrogens (primary N) is 1. The molecule has 0 spiro atoms. The first kappa shape index (κ1) is 9.32. The summed E-state index contributed by atoms with van der Waals surface area (Å²) in [4.78, 5) is 2.17. The van der Waals surface area contributed by atoms with Crippen LogP contribution in [0.3, 0.4) is 0 Å². The van der Waals surface area contributed by atoms with Crippen LogP contribution in [0.5, 0.6) is 0 Å². The molecule has 0 aromatic heterocycles. The van der Waals surface area contributed by atoms with Crippen molar-refractivity contribution in [1.82, 2.24) is 4.90 Å². The van der Waals surface area contributed by atoms with E-state index in [0.29, 0.717) is 18.5 Å². The van der Waals surface area contributed by atoms with Gasteiger partial charge in [-0.3, -0.25) is 4.90 Å². The number of hydrogen-bond donors (Lipinski definition) is 3. The average molecular weight is 176 g/mol. The van der Waals surface area contributed by atoms with E-state index in [1.54, 1.807) is 0 Å². The topological polar surface area (TPSA) is 49.5 Å². The van der Waals surface area contributed by atoms with Crippen LogP contribution in [-0.2, 0) is 0 Å². The number of hydrogen-bond acceptors (Lipinski definition) is 4. The van der Waals surface area contributed by atoms with Gasteiger partial charge in [-0.1, -0.05) is 0 Å². The minimum absolute atomic E-state index is 0.330. The lowest BCUT2D eigenvalue weighted by Crippen LogP contribution is -2.37. The number of β-amino-alcohol motifs (C(OH)–C–C–N with tert-alkyl or cyclic N) is 1. The van der Waals surface area contributed by atoms with E-state index in [0.717, 1.165) is 13.0 Å². The molecule has 1 saturated heterocycles. The number of likely N-dealkylation sites (tertiary alicyclic amines) is 1. The fourth-order valence-electron chi connectivity index (χ4n) is 1.37. The lowest BCUT2D eigenvalue weighted by Gasteiger charge is -2.22. The molecule has 3 nitrogen and oxygen atoms in total. The van der Waals surface area contributed by atoms with E-state index in [9.17, 15) is 5.11 Å². The van der Waals surface area contributed by atoms with E-state index in [1.807, 2.05) is 0 Å². The van der Waals surface area contributed by atoms with Crippen molar-refractivity contribution in [3.63, 3.8) is 0 Å². The van der Waals surface area contributed by atoms with Crippen molar-refractivity contribution in [3.8, 4) is 0 Å². The van der Waals surface area contributed by atoms with Crippen LogP contribution >= 0.6 is 12.6 Å². The largest absolute Gasteiger partial charge is 0.390 e. The molecule has 2 unspecified atom stereocenters. The summed E-state index contributed by atoms with van der Waals surface area (Å²) in [5.74, 6) is 0. The number of thiol groups is 1. The number of rotatable bonds is 3. The van der Waals surface area contributed by atoms with Crippen LogP contribution in [0.2, 0.25) is 0 Å². The molecule has 0 saturated carbocycles. The number of aliphatic hydroxyl groups is 1. The molecule has 0 aliphatic carbocycles. The smallest absolute Gasteiger partial charge is 0.0789 e. The molecular weight excluding hydrogens is 160 g/mol. The summed E-state index contributed by atoms with van der Waals surface area (Å²) in [7, 11) is 0. The van der Waals surface area contributed by atoms with Crippen LogP contribution in [0.1, 0.15) is 12.8 Å². The fraction of sp³-hybridized carbons (Fsp3) is 1.00. The van der Waals surface area contributed by atoms with Gasteiger partial charge in [0, 0.05) is 13.1 Å². The molecule has 1 aliphatic rings. The van der Waals surface area contributed by atoms with Crippen molar-refractivity contribution in [2.24, 2.45) is 5.73 Å². The van der Waals surface area contributed by atoms with E-state index >= 15 is 0 Å². The van der Waals surface area contributed by atoms with E-state index in [-0.39, 0.29) is 6.10 Å². The lowest BCUT2D eigenvalue weighted by atomic mass is 10.3. The van der Waals surface area contributed by atoms with Gasteiger partial charge in [-0.25, -0.2) is 0 Å². The molecule has 66 valence electrons. The quantitative estimate of drug-likeness (QED) is 0.516. The minimum Gasteiger partial charge on any atom is -0.390 e. The second kappa shape index (κ2) is 4.30. The van der Waals surface area contributed by atoms with Gasteiger partial charge >= 0.3 is 0 Å². The molecule has 11 heavy (non-hydrogen) atoms. The first-order chi connectivity index (χ1) is 5.24. The van der Waals surface area contributed by atoms with Crippen molar-refractivity contribution in [2.45, 2.75) is 24.3 Å². The highest BCUT2D eigenvalue weighted by atomic mass is 32.1. The van der Waals surface area contributed by atoms with Crippen LogP contribution in [0.25, 0.3) is 0 Å². The Bertz CT molecular complexity index is 123. The third-order valence-electron chi connectivity index (χ3n) is 2.05. The highest BCUT2D eigenvalue weighted by molar-refractivity contribution is 7.80. The van der Waals surface area contributed by atoms with Crippen molar-refractivity contribution < 1.29 is 5.11 Å². The van der Waals surface area contributed by atoms with Gasteiger partial charge in [0.15, 0.2) is 0 Å². The summed E-state index contributed by atoms with van der Waals surface area (Å²) >= 11 is 4.37. The van der Waals surface area contributed by atoms with Gasteiger partial charge in [0.25, 0.3) is 0 Å². The zero-order chi connectivity index (χ0) is 8.27. The Morgan fingerprint density at radius 2 is 2.45 bits per heavy atom. The molecule has 0 bridgehead atoms. The Labute approximate surface area is 73.0 Å². The number of aliphatic hydroxyl groups excluding tert-OH is 1. The maximum absolute atomic E-state index is 9.24. The second-order valence-corrected chi connectivity index (χ2v) is 3.60. The molecule has 3 N–H and O–H groups in total. The Morgan fingerprint density at radius 3 is 2.91 bits per heavy atom. The van der Waals surface area contributed by atoms with Crippen LogP contribution in [0, 0.1) is 0 Å². The SMILES string of the molecule is NCC(O)CN1CCCC1S. The fourth-order valence-corrected chi connectivity index (χ4v) is 1.76. The Balaban J connectivity index is 2.24. The normalized spacial score (nSPS) is 29.2. The van der Waals surface area contributed by atoms with E-state index in [2.05, 4.69) is 17.5 Å². The summed E-state index contributed by atoms with van der Waals surface area (Å²) in [6, 6.07) is 0. The van der Waals surface area contributed by atoms with Crippen molar-refractivity contribution >= 4 is 12.6 Å². The maximum atomic E-state index is 9.24. The third-order valence-corrected chi connectivity index (χ3v) is 2.63. The van der Waals surface area contributed by atoms with E-state index < -0.39 is 0 Å². The van der Waals surface area contributed by atoms with Gasteiger partial charge < -0.3 is 10.8 Å². The highest BCUT2D eigenvalue weighted by Gasteiger charge is 2.22. The first-order valence-electron chi connectivity index (χ1n) is 4.04. The van der Waals surface area contributed by atoms with Gasteiger partial charge in [-0.05, 0) is 19.4 Å². The van der Waals surface area contributed by atoms with Crippen LogP contribution in [0.15, 0.2) is 0 Å². The molecule has 1 aliphatic heterocycles. The molecule has 1 fully saturated rings. The molecule has 4 heteroatoms. The monoisotopic (exact) mass is 176 g/mol. The molecule has 2 atom stereocenters. The maximum Gasteiger partial charge on any atom is 0.0789 e. The van der Waals surface area contributed by atoms with Gasteiger partial charge in [0.05, 0.1) is 11.5 Å². The highest BCUT2D eigenvalue weighted by Crippen LogP contribution is 2.19. The molecule has 0 aromatic carbocycles. The average Bonchev–Trinajstić information content (AvgIpc) is 2.37. The van der Waals surface area contributed by atoms with Crippen LogP contribution in [-0.4, -0.2) is 41.1 Å². The van der Waals surface area contributed by atoms with Crippen molar-refractivity contribution in [1.29, 1.82) is 0 Å². The van der Waals surface area contributed by atoms with Crippen LogP contribution < -0.4 is 5.73 Å². The zero-order valence-corrected chi connectivity index (χ0v) is 7.50. The molecule has 0 radical (unpaired) electrons. The lowest BCUT2D eigenvalue weighted by molar-refractivity contribution is 0.127. The molecule has 0 aromatic rings. The summed E-state index contributed by atoms with van der Waals surface area (Å²) in [6.45, 7) is 2.06. The minimum atomic E-state index is -0.386. The Kier molecular flexibility index (Phi) is 3.65. The predicted octanol–water partition coefficient (Wildman–Crippen LogP) is -0.342. The summed E-state index contributed by atoms with van der Waals surface area (Å²) in [5, 5.41) is 9.57. The molecule has 0 amide bonds. The van der Waals surface area contributed by atoms with Gasteiger partial charge in [-0.15, -0.1) is 0 Å². The van der Waals surface area contributed by atoms with Crippen molar-refractivity contribution in [2.75, 3.05) is 19.6 Å². The van der Waals surface area contributed by atoms with Gasteiger partial charge in [0.2, 0.25) is 0 Å². The van der Waals surface area contributed by atoms with Gasteiger partial charge in [0.1, 0.15) is 0 Å². The summed E-state index contributed by atoms with van der Waals surface area (Å²) < 4.78 is 0. The zero-order valence-electron chi connectivity index (χ0n) is 6.61. The second-order valence-electron chi connectivity index (χ2n) is 3.01. The first-order valence-corrected chi connectivity index (χ1v) is 4.56. The predicted molar refractivity (Wildman–Crippen MR) is 48.6 cm³/mol.